The van der Waals surface area contributed by atoms with Crippen molar-refractivity contribution in [1.82, 2.24) is 10.3 Å². The van der Waals surface area contributed by atoms with Crippen molar-refractivity contribution < 1.29 is 4.74 Å². The quantitative estimate of drug-likeness (QED) is 0.719. The fourth-order valence-electron chi connectivity index (χ4n) is 1.10. The second kappa shape index (κ2) is 5.40. The van der Waals surface area contributed by atoms with Gasteiger partial charge < -0.3 is 10.1 Å². The first-order valence-corrected chi connectivity index (χ1v) is 4.59. The molecule has 76 valence electrons. The van der Waals surface area contributed by atoms with Crippen molar-refractivity contribution in [3.8, 4) is 5.75 Å². The lowest BCUT2D eigenvalue weighted by Crippen LogP contribution is -2.14. The first-order valence-electron chi connectivity index (χ1n) is 4.59. The largest absolute Gasteiger partial charge is 0.487 e. The van der Waals surface area contributed by atoms with Crippen molar-refractivity contribution in [2.45, 2.75) is 6.92 Å². The third-order valence-corrected chi connectivity index (χ3v) is 1.82. The van der Waals surface area contributed by atoms with Crippen LogP contribution in [0.4, 0.5) is 0 Å². The molecule has 0 unspecified atom stereocenters. The maximum atomic E-state index is 5.55. The number of nitrogens with zero attached hydrogens (tertiary/aromatic N) is 1. The molecule has 1 aromatic rings. The van der Waals surface area contributed by atoms with Gasteiger partial charge in [0, 0.05) is 12.7 Å². The molecule has 0 bridgehead atoms. The fraction of sp³-hybridized carbons (Fsp3) is 0.364. The maximum Gasteiger partial charge on any atom is 0.140 e. The second-order valence-corrected chi connectivity index (χ2v) is 3.16. The molecule has 0 aliphatic carbocycles. The Morgan fingerprint density at radius 2 is 2.43 bits per heavy atom. The average molecular weight is 192 g/mol. The Morgan fingerprint density at radius 1 is 1.64 bits per heavy atom. The van der Waals surface area contributed by atoms with Crippen molar-refractivity contribution in [3.63, 3.8) is 0 Å². The Morgan fingerprint density at radius 3 is 3.07 bits per heavy atom. The molecule has 3 heteroatoms. The number of rotatable bonds is 5. The molecule has 0 aliphatic heterocycles. The van der Waals surface area contributed by atoms with Gasteiger partial charge >= 0.3 is 0 Å². The molecule has 0 spiro atoms. The highest BCUT2D eigenvalue weighted by molar-refractivity contribution is 5.25. The number of nitrogens with one attached hydrogen (secondary N) is 1. The summed E-state index contributed by atoms with van der Waals surface area (Å²) in [5.74, 6) is 0.824. The number of pyridine rings is 1. The molecule has 0 fully saturated rings. The highest BCUT2D eigenvalue weighted by atomic mass is 16.5. The Kier molecular flexibility index (Phi) is 4.13. The fourth-order valence-corrected chi connectivity index (χ4v) is 1.10. The molecular weight excluding hydrogens is 176 g/mol. The molecular formula is C11H16N2O. The summed E-state index contributed by atoms with van der Waals surface area (Å²) in [4.78, 5) is 4.13. The lowest BCUT2D eigenvalue weighted by atomic mass is 10.3. The van der Waals surface area contributed by atoms with Crippen LogP contribution in [-0.2, 0) is 0 Å². The lowest BCUT2D eigenvalue weighted by Gasteiger charge is -2.09. The van der Waals surface area contributed by atoms with Crippen LogP contribution >= 0.6 is 0 Å². The Balaban J connectivity index is 2.46. The average Bonchev–Trinajstić information content (AvgIpc) is 2.17. The van der Waals surface area contributed by atoms with E-state index in [1.54, 1.807) is 6.20 Å². The van der Waals surface area contributed by atoms with Crippen molar-refractivity contribution in [3.05, 3.63) is 36.2 Å². The van der Waals surface area contributed by atoms with Crippen LogP contribution in [0.25, 0.3) is 0 Å². The Hall–Kier alpha value is -1.35. The number of aryl methyl sites for hydroxylation is 1. The SMILES string of the molecule is C=C(CNC)COc1cccnc1C. The molecule has 1 aromatic heterocycles. The highest BCUT2D eigenvalue weighted by Crippen LogP contribution is 2.13. The second-order valence-electron chi connectivity index (χ2n) is 3.16. The van der Waals surface area contributed by atoms with Crippen molar-refractivity contribution >= 4 is 0 Å². The molecule has 3 nitrogen and oxygen atoms in total. The monoisotopic (exact) mass is 192 g/mol. The minimum atomic E-state index is 0.535. The van der Waals surface area contributed by atoms with Gasteiger partial charge in [0.15, 0.2) is 0 Å². The number of likely N-dealkylation sites (N-methyl/N-ethyl adjacent to an activating group) is 1. The smallest absolute Gasteiger partial charge is 0.140 e. The van der Waals surface area contributed by atoms with Gasteiger partial charge in [0.05, 0.1) is 5.69 Å². The predicted molar refractivity (Wildman–Crippen MR) is 57.5 cm³/mol. The topological polar surface area (TPSA) is 34.1 Å². The highest BCUT2D eigenvalue weighted by Gasteiger charge is 1.99. The minimum absolute atomic E-state index is 0.535. The van der Waals surface area contributed by atoms with Crippen molar-refractivity contribution in [2.75, 3.05) is 20.2 Å². The van der Waals surface area contributed by atoms with Gasteiger partial charge in [-0.1, -0.05) is 6.58 Å². The Labute approximate surface area is 84.8 Å². The molecule has 1 heterocycles. The summed E-state index contributed by atoms with van der Waals surface area (Å²) in [5.41, 5.74) is 1.93. The van der Waals surface area contributed by atoms with Gasteiger partial charge in [-0.2, -0.15) is 0 Å². The normalized spacial score (nSPS) is 9.86. The van der Waals surface area contributed by atoms with E-state index in [4.69, 9.17) is 4.74 Å². The van der Waals surface area contributed by atoms with E-state index in [0.29, 0.717) is 6.61 Å². The van der Waals surface area contributed by atoms with Gasteiger partial charge in [-0.15, -0.1) is 0 Å². The van der Waals surface area contributed by atoms with E-state index in [-0.39, 0.29) is 0 Å². The van der Waals surface area contributed by atoms with Crippen molar-refractivity contribution in [1.29, 1.82) is 0 Å². The lowest BCUT2D eigenvalue weighted by molar-refractivity contribution is 0.345. The van der Waals surface area contributed by atoms with E-state index in [0.717, 1.165) is 23.6 Å². The minimum Gasteiger partial charge on any atom is -0.487 e. The predicted octanol–water partition coefficient (Wildman–Crippen LogP) is 1.54. The molecule has 0 saturated heterocycles. The molecule has 14 heavy (non-hydrogen) atoms. The number of aromatic nitrogens is 1. The summed E-state index contributed by atoms with van der Waals surface area (Å²) in [6.07, 6.45) is 1.75. The van der Waals surface area contributed by atoms with E-state index in [9.17, 15) is 0 Å². The van der Waals surface area contributed by atoms with E-state index in [1.807, 2.05) is 26.1 Å². The molecule has 0 amide bonds. The zero-order valence-corrected chi connectivity index (χ0v) is 8.71. The van der Waals surface area contributed by atoms with Gasteiger partial charge in [-0.3, -0.25) is 4.98 Å². The summed E-state index contributed by atoms with van der Waals surface area (Å²) >= 11 is 0. The zero-order valence-electron chi connectivity index (χ0n) is 8.71. The van der Waals surface area contributed by atoms with Gasteiger partial charge in [-0.05, 0) is 31.7 Å². The molecule has 0 aliphatic rings. The molecule has 1 rings (SSSR count). The molecule has 0 aromatic carbocycles. The number of hydrogen-bond acceptors (Lipinski definition) is 3. The van der Waals surface area contributed by atoms with Gasteiger partial charge in [-0.25, -0.2) is 0 Å². The summed E-state index contributed by atoms with van der Waals surface area (Å²) in [5, 5.41) is 3.02. The van der Waals surface area contributed by atoms with Crippen LogP contribution in [0.3, 0.4) is 0 Å². The zero-order chi connectivity index (χ0) is 10.4. The summed E-state index contributed by atoms with van der Waals surface area (Å²) in [6.45, 7) is 7.12. The van der Waals surface area contributed by atoms with Crippen LogP contribution in [0.5, 0.6) is 5.75 Å². The van der Waals surface area contributed by atoms with E-state index in [1.165, 1.54) is 0 Å². The third-order valence-electron chi connectivity index (χ3n) is 1.82. The summed E-state index contributed by atoms with van der Waals surface area (Å²) in [6, 6.07) is 3.78. The molecule has 0 radical (unpaired) electrons. The first kappa shape index (κ1) is 10.7. The number of hydrogen-bond donors (Lipinski definition) is 1. The standard InChI is InChI=1S/C11H16N2O/c1-9(7-12-3)8-14-11-5-4-6-13-10(11)2/h4-6,12H,1,7-8H2,2-3H3. The maximum absolute atomic E-state index is 5.55. The number of ether oxygens (including phenoxy) is 1. The van der Waals surface area contributed by atoms with Crippen LogP contribution < -0.4 is 10.1 Å². The van der Waals surface area contributed by atoms with E-state index in [2.05, 4.69) is 16.9 Å². The van der Waals surface area contributed by atoms with Gasteiger partial charge in [0.25, 0.3) is 0 Å². The van der Waals surface area contributed by atoms with Crippen LogP contribution in [0, 0.1) is 6.92 Å². The summed E-state index contributed by atoms with van der Waals surface area (Å²) in [7, 11) is 1.89. The summed E-state index contributed by atoms with van der Waals surface area (Å²) < 4.78 is 5.55. The van der Waals surface area contributed by atoms with Gasteiger partial charge in [0.1, 0.15) is 12.4 Å². The van der Waals surface area contributed by atoms with Crippen LogP contribution in [0.2, 0.25) is 0 Å². The first-order chi connectivity index (χ1) is 6.74. The van der Waals surface area contributed by atoms with Crippen LogP contribution in [0.15, 0.2) is 30.5 Å². The molecule has 1 N–H and O–H groups in total. The third kappa shape index (κ3) is 3.18. The van der Waals surface area contributed by atoms with E-state index < -0.39 is 0 Å². The molecule has 0 atom stereocenters. The Bertz CT molecular complexity index is 310. The van der Waals surface area contributed by atoms with E-state index >= 15 is 0 Å². The molecule has 0 saturated carbocycles. The van der Waals surface area contributed by atoms with Crippen LogP contribution in [-0.4, -0.2) is 25.2 Å². The van der Waals surface area contributed by atoms with Crippen molar-refractivity contribution in [2.24, 2.45) is 0 Å². The van der Waals surface area contributed by atoms with Crippen LogP contribution in [0.1, 0.15) is 5.69 Å². The van der Waals surface area contributed by atoms with Gasteiger partial charge in [0.2, 0.25) is 0 Å².